The van der Waals surface area contributed by atoms with Crippen LogP contribution in [0.3, 0.4) is 0 Å². The molecule has 1 N–H and O–H groups in total. The minimum absolute atomic E-state index is 0.0222. The summed E-state index contributed by atoms with van der Waals surface area (Å²) in [7, 11) is 2.08. The van der Waals surface area contributed by atoms with Crippen molar-refractivity contribution in [3.63, 3.8) is 0 Å². The molecule has 0 saturated carbocycles. The zero-order valence-electron chi connectivity index (χ0n) is 24.7. The van der Waals surface area contributed by atoms with Gasteiger partial charge in [-0.25, -0.2) is 4.39 Å². The van der Waals surface area contributed by atoms with Crippen LogP contribution in [0.15, 0.2) is 55.1 Å². The number of rotatable bonds is 6. The Bertz CT molecular complexity index is 1780. The lowest BCUT2D eigenvalue weighted by Gasteiger charge is -2.54. The molecule has 3 saturated heterocycles. The quantitative estimate of drug-likeness (QED) is 0.265. The van der Waals surface area contributed by atoms with Gasteiger partial charge in [-0.15, -0.1) is 0 Å². The van der Waals surface area contributed by atoms with Gasteiger partial charge in [-0.2, -0.15) is 9.97 Å². The number of aromatic nitrogens is 2. The van der Waals surface area contributed by atoms with Crippen LogP contribution in [0.25, 0.3) is 32.8 Å². The number of likely N-dealkylation sites (tertiary alicyclic amines) is 2. The number of phenolic OH excluding ortho intramolecular Hbond substituents is 1. The molecule has 1 amide bonds. The van der Waals surface area contributed by atoms with Crippen LogP contribution in [0.2, 0.25) is 5.02 Å². The molecule has 7 rings (SSSR count). The largest absolute Gasteiger partial charge is 0.508 e. The third-order valence-electron chi connectivity index (χ3n) is 9.70. The highest BCUT2D eigenvalue weighted by atomic mass is 35.5. The van der Waals surface area contributed by atoms with E-state index in [1.807, 2.05) is 29.2 Å². The smallest absolute Gasteiger partial charge is 0.319 e. The van der Waals surface area contributed by atoms with Crippen LogP contribution in [0.1, 0.15) is 25.7 Å². The van der Waals surface area contributed by atoms with Gasteiger partial charge in [0.2, 0.25) is 5.91 Å². The van der Waals surface area contributed by atoms with Crippen molar-refractivity contribution in [2.45, 2.75) is 31.7 Å². The highest BCUT2D eigenvalue weighted by molar-refractivity contribution is 6.35. The molecule has 1 spiro atoms. The van der Waals surface area contributed by atoms with Crippen molar-refractivity contribution < 1.29 is 19.0 Å². The fourth-order valence-corrected chi connectivity index (χ4v) is 7.43. The first kappa shape index (κ1) is 28.8. The average Bonchev–Trinajstić information content (AvgIpc) is 3.42. The summed E-state index contributed by atoms with van der Waals surface area (Å²) in [6, 6.07) is 12.8. The molecule has 4 aromatic rings. The molecule has 44 heavy (non-hydrogen) atoms. The van der Waals surface area contributed by atoms with E-state index in [-0.39, 0.29) is 45.2 Å². The number of carbonyl (C=O) groups is 1. The number of hydrogen-bond donors (Lipinski definition) is 1. The third-order valence-corrected chi connectivity index (χ3v) is 10.00. The number of likely N-dealkylation sites (N-methyl/N-ethyl adjacent to an activating group) is 1. The number of phenols is 1. The zero-order chi connectivity index (χ0) is 30.6. The van der Waals surface area contributed by atoms with Gasteiger partial charge in [-0.05, 0) is 79.9 Å². The molecule has 1 aromatic heterocycles. The number of benzene rings is 3. The van der Waals surface area contributed by atoms with Crippen LogP contribution < -0.4 is 9.64 Å². The van der Waals surface area contributed by atoms with Crippen LogP contribution in [0.4, 0.5) is 10.2 Å². The molecule has 228 valence electrons. The van der Waals surface area contributed by atoms with Gasteiger partial charge in [0.15, 0.2) is 5.82 Å². The summed E-state index contributed by atoms with van der Waals surface area (Å²) < 4.78 is 22.9. The second-order valence-electron chi connectivity index (χ2n) is 12.5. The summed E-state index contributed by atoms with van der Waals surface area (Å²) in [5.41, 5.74) is 0.875. The third kappa shape index (κ3) is 5.02. The number of hydrogen-bond acceptors (Lipinski definition) is 7. The zero-order valence-corrected chi connectivity index (χ0v) is 25.5. The number of amides is 1. The standard InChI is InChI=1S/C34H35ClFN5O3/c1-3-28(43)41-19-34(20-41)10-13-40(14-11-34)32-26-17-27(35)29(25-16-23(42)15-21-7-4-5-9-24(21)25)30(36)31(26)37-33(38-32)44-18-22-8-6-12-39(22)2/h3-5,7,9,15-17,22,42H,1,6,8,10-14,18-20H2,2H3/t22-/m0/s1. The summed E-state index contributed by atoms with van der Waals surface area (Å²) in [6.45, 7) is 7.88. The van der Waals surface area contributed by atoms with Gasteiger partial charge in [0.1, 0.15) is 23.7 Å². The van der Waals surface area contributed by atoms with Crippen LogP contribution >= 0.6 is 11.6 Å². The number of nitrogens with zero attached hydrogens (tertiary/aromatic N) is 5. The number of ether oxygens (including phenoxy) is 1. The van der Waals surface area contributed by atoms with Gasteiger partial charge in [0, 0.05) is 48.6 Å². The van der Waals surface area contributed by atoms with Gasteiger partial charge in [-0.1, -0.05) is 42.4 Å². The molecule has 3 aliphatic heterocycles. The number of carbonyl (C=O) groups excluding carboxylic acids is 1. The van der Waals surface area contributed by atoms with Crippen molar-refractivity contribution in [1.82, 2.24) is 19.8 Å². The second kappa shape index (κ2) is 11.2. The Morgan fingerprint density at radius 1 is 1.16 bits per heavy atom. The molecule has 8 nitrogen and oxygen atoms in total. The van der Waals surface area contributed by atoms with E-state index < -0.39 is 5.82 Å². The van der Waals surface area contributed by atoms with E-state index >= 15 is 4.39 Å². The van der Waals surface area contributed by atoms with E-state index in [0.717, 1.165) is 56.1 Å². The minimum Gasteiger partial charge on any atom is -0.508 e. The summed E-state index contributed by atoms with van der Waals surface area (Å²) in [4.78, 5) is 27.7. The van der Waals surface area contributed by atoms with Crippen LogP contribution in [-0.2, 0) is 4.79 Å². The van der Waals surface area contributed by atoms with E-state index in [1.165, 1.54) is 12.1 Å². The van der Waals surface area contributed by atoms with E-state index in [1.54, 1.807) is 12.1 Å². The maximum absolute atomic E-state index is 16.8. The van der Waals surface area contributed by atoms with E-state index in [2.05, 4.69) is 28.4 Å². The minimum atomic E-state index is -0.583. The topological polar surface area (TPSA) is 82.0 Å². The molecular formula is C34H35ClFN5O3. The van der Waals surface area contributed by atoms with Crippen molar-refractivity contribution in [2.24, 2.45) is 5.41 Å². The maximum Gasteiger partial charge on any atom is 0.319 e. The Morgan fingerprint density at radius 3 is 2.66 bits per heavy atom. The SMILES string of the molecule is C=CC(=O)N1CC2(CCN(c3nc(OC[C@@H]4CCCN4C)nc4c(F)c(-c5cc(O)cc6ccccc56)c(Cl)cc34)CC2)C1. The summed E-state index contributed by atoms with van der Waals surface area (Å²) >= 11 is 6.87. The van der Waals surface area contributed by atoms with E-state index in [0.29, 0.717) is 36.5 Å². The molecule has 3 aromatic carbocycles. The fraction of sp³-hybridized carbons (Fsp3) is 0.382. The highest BCUT2D eigenvalue weighted by Crippen LogP contribution is 2.45. The molecule has 0 bridgehead atoms. The van der Waals surface area contributed by atoms with Crippen molar-refractivity contribution in [3.05, 3.63) is 66.0 Å². The van der Waals surface area contributed by atoms with E-state index in [9.17, 15) is 9.90 Å². The molecular weight excluding hydrogens is 581 g/mol. The van der Waals surface area contributed by atoms with Gasteiger partial charge in [0.25, 0.3) is 0 Å². The summed E-state index contributed by atoms with van der Waals surface area (Å²) in [5.74, 6) is -0.00388. The highest BCUT2D eigenvalue weighted by Gasteiger charge is 2.46. The number of anilines is 1. The molecule has 1 atom stereocenters. The first-order valence-corrected chi connectivity index (χ1v) is 15.5. The van der Waals surface area contributed by atoms with Crippen LogP contribution in [0.5, 0.6) is 11.8 Å². The lowest BCUT2D eigenvalue weighted by atomic mass is 9.72. The number of piperidine rings is 1. The Kier molecular flexibility index (Phi) is 7.33. The predicted octanol–water partition coefficient (Wildman–Crippen LogP) is 6.04. The van der Waals surface area contributed by atoms with E-state index in [4.69, 9.17) is 21.3 Å². The molecule has 0 unspecified atom stereocenters. The molecule has 0 radical (unpaired) electrons. The fourth-order valence-electron chi connectivity index (χ4n) is 7.13. The average molecular weight is 616 g/mol. The Morgan fingerprint density at radius 2 is 1.93 bits per heavy atom. The van der Waals surface area contributed by atoms with Gasteiger partial charge < -0.3 is 24.5 Å². The summed E-state index contributed by atoms with van der Waals surface area (Å²) in [5, 5.41) is 12.8. The maximum atomic E-state index is 16.8. The van der Waals surface area contributed by atoms with Gasteiger partial charge in [-0.3, -0.25) is 4.79 Å². The molecule has 10 heteroatoms. The van der Waals surface area contributed by atoms with Crippen molar-refractivity contribution >= 4 is 45.0 Å². The molecule has 3 fully saturated rings. The molecule has 0 aliphatic carbocycles. The predicted molar refractivity (Wildman–Crippen MR) is 171 cm³/mol. The molecule has 4 heterocycles. The lowest BCUT2D eigenvalue weighted by Crippen LogP contribution is -2.61. The Labute approximate surface area is 260 Å². The lowest BCUT2D eigenvalue weighted by molar-refractivity contribution is -0.139. The second-order valence-corrected chi connectivity index (χ2v) is 12.9. The van der Waals surface area contributed by atoms with Crippen LogP contribution in [0, 0.1) is 11.2 Å². The Hall–Kier alpha value is -3.95. The van der Waals surface area contributed by atoms with Gasteiger partial charge >= 0.3 is 6.01 Å². The number of aromatic hydroxyl groups is 1. The molecule has 3 aliphatic rings. The van der Waals surface area contributed by atoms with Gasteiger partial charge in [0.05, 0.1) is 5.02 Å². The summed E-state index contributed by atoms with van der Waals surface area (Å²) in [6.07, 6.45) is 5.26. The van der Waals surface area contributed by atoms with Crippen molar-refractivity contribution in [2.75, 3.05) is 51.3 Å². The van der Waals surface area contributed by atoms with Crippen molar-refractivity contribution in [1.29, 1.82) is 0 Å². The van der Waals surface area contributed by atoms with Crippen LogP contribution in [-0.4, -0.2) is 83.2 Å². The Balaban J connectivity index is 1.29. The first-order chi connectivity index (χ1) is 21.2. The monoisotopic (exact) mass is 615 g/mol. The number of fused-ring (bicyclic) bond motifs is 2. The normalized spacial score (nSPS) is 19.9. The van der Waals surface area contributed by atoms with Crippen molar-refractivity contribution in [3.8, 4) is 22.9 Å². The number of halogens is 2. The first-order valence-electron chi connectivity index (χ1n) is 15.2.